The number of carbonyl (C=O) groups is 1. The summed E-state index contributed by atoms with van der Waals surface area (Å²) < 4.78 is 0. The Labute approximate surface area is 40.9 Å². The van der Waals surface area contributed by atoms with Crippen molar-refractivity contribution in [2.45, 2.75) is 0 Å². The molecule has 0 atom stereocenters. The molecule has 1 radical (unpaired) electrons. The van der Waals surface area contributed by atoms with E-state index in [0.29, 0.717) is 0 Å². The van der Waals surface area contributed by atoms with Gasteiger partial charge in [0.25, 0.3) is 0 Å². The molecule has 0 aliphatic rings. The maximum atomic E-state index is 9.57. The molecule has 0 aromatic heterocycles. The normalized spacial score (nSPS) is 8.86. The molecule has 0 unspecified atom stereocenters. The highest BCUT2D eigenvalue weighted by Gasteiger charge is 2.07. The lowest BCUT2D eigenvalue weighted by Crippen LogP contribution is -2.05. The zero-order chi connectivity index (χ0) is 5.86. The molecule has 7 heavy (non-hydrogen) atoms. The van der Waals surface area contributed by atoms with E-state index in [1.165, 1.54) is 0 Å². The van der Waals surface area contributed by atoms with Crippen molar-refractivity contribution in [3.05, 3.63) is 18.8 Å². The van der Waals surface area contributed by atoms with Crippen LogP contribution in [0.25, 0.3) is 0 Å². The van der Waals surface area contributed by atoms with Gasteiger partial charge in [0, 0.05) is 0 Å². The number of hydrogen-bond donors (Lipinski definition) is 2. The van der Waals surface area contributed by atoms with E-state index in [-0.39, 0.29) is 0 Å². The van der Waals surface area contributed by atoms with Gasteiger partial charge in [-0.1, -0.05) is 6.58 Å². The lowest BCUT2D eigenvalue weighted by Gasteiger charge is -1.89. The van der Waals surface area contributed by atoms with Crippen LogP contribution >= 0.6 is 0 Å². The van der Waals surface area contributed by atoms with E-state index in [2.05, 4.69) is 6.58 Å². The summed E-state index contributed by atoms with van der Waals surface area (Å²) in [6.07, 6.45) is 0.141. The Kier molecular flexibility index (Phi) is 2.08. The fraction of sp³-hybridized carbons (Fsp3) is 0. The van der Waals surface area contributed by atoms with E-state index in [1.807, 2.05) is 0 Å². The first-order valence-corrected chi connectivity index (χ1v) is 1.60. The van der Waals surface area contributed by atoms with Crippen LogP contribution in [-0.4, -0.2) is 16.2 Å². The van der Waals surface area contributed by atoms with Crippen molar-refractivity contribution in [2.75, 3.05) is 0 Å². The lowest BCUT2D eigenvalue weighted by atomic mass is 10.4. The van der Waals surface area contributed by atoms with Crippen LogP contribution in [0.2, 0.25) is 0 Å². The summed E-state index contributed by atoms with van der Waals surface area (Å²) in [7, 11) is 0. The van der Waals surface area contributed by atoms with Crippen molar-refractivity contribution in [3.8, 4) is 0 Å². The van der Waals surface area contributed by atoms with Crippen molar-refractivity contribution in [3.63, 3.8) is 0 Å². The Morgan fingerprint density at radius 2 is 2.00 bits per heavy atom. The van der Waals surface area contributed by atoms with E-state index >= 15 is 0 Å². The fourth-order valence-electron chi connectivity index (χ4n) is 0.0873. The van der Waals surface area contributed by atoms with E-state index in [9.17, 15) is 4.79 Å². The van der Waals surface area contributed by atoms with Gasteiger partial charge < -0.3 is 10.2 Å². The number of carboxylic acid groups (broad SMARTS) is 1. The zero-order valence-electron chi connectivity index (χ0n) is 3.59. The molecule has 0 bridgehead atoms. The molecule has 3 heteroatoms. The maximum Gasteiger partial charge on any atom is 0.343 e. The molecule has 3 nitrogen and oxygen atoms in total. The Morgan fingerprint density at radius 3 is 2.00 bits per heavy atom. The van der Waals surface area contributed by atoms with Gasteiger partial charge >= 0.3 is 5.97 Å². The third-order valence-electron chi connectivity index (χ3n) is 0.412. The number of hydrogen-bond acceptors (Lipinski definition) is 2. The molecule has 0 fully saturated rings. The van der Waals surface area contributed by atoms with Crippen molar-refractivity contribution in [1.82, 2.24) is 0 Å². The van der Waals surface area contributed by atoms with Crippen molar-refractivity contribution < 1.29 is 15.0 Å². The topological polar surface area (TPSA) is 57.5 Å². The predicted molar refractivity (Wildman–Crippen MR) is 23.0 cm³/mol. The molecule has 0 aromatic rings. The summed E-state index contributed by atoms with van der Waals surface area (Å²) in [5.41, 5.74) is 0. The average Bonchev–Trinajstić information content (AvgIpc) is 1.65. The highest BCUT2D eigenvalue weighted by Crippen LogP contribution is 1.90. The van der Waals surface area contributed by atoms with Crippen LogP contribution in [-0.2, 0) is 4.79 Å². The van der Waals surface area contributed by atoms with Gasteiger partial charge in [0.15, 0.2) is 0 Å². The summed E-state index contributed by atoms with van der Waals surface area (Å²) >= 11 is 0. The summed E-state index contributed by atoms with van der Waals surface area (Å²) in [5.74, 6) is -1.35. The molecule has 0 heterocycles. The summed E-state index contributed by atoms with van der Waals surface area (Å²) in [6.45, 7) is 3.01. The Balaban J connectivity index is 3.55. The first-order valence-electron chi connectivity index (χ1n) is 1.60. The highest BCUT2D eigenvalue weighted by molar-refractivity contribution is 5.82. The molecule has 0 aliphatic carbocycles. The second-order valence-electron chi connectivity index (χ2n) is 0.895. The number of aliphatic carboxylic acids is 1. The second kappa shape index (κ2) is 2.36. The van der Waals surface area contributed by atoms with Gasteiger partial charge in [-0.05, 0) is 6.08 Å². The minimum atomic E-state index is -1.35. The van der Waals surface area contributed by atoms with Gasteiger partial charge in [-0.3, -0.25) is 0 Å². The molecular weight excluding hydrogens is 96.0 g/mol. The van der Waals surface area contributed by atoms with Crippen LogP contribution in [0.4, 0.5) is 0 Å². The second-order valence-corrected chi connectivity index (χ2v) is 0.895. The first kappa shape index (κ1) is 6.17. The van der Waals surface area contributed by atoms with Gasteiger partial charge in [-0.25, -0.2) is 4.79 Å². The van der Waals surface area contributed by atoms with E-state index in [1.54, 1.807) is 0 Å². The minimum Gasteiger partial charge on any atom is -0.479 e. The lowest BCUT2D eigenvalue weighted by molar-refractivity contribution is -0.138. The van der Waals surface area contributed by atoms with Crippen LogP contribution in [0.15, 0.2) is 12.7 Å². The third-order valence-corrected chi connectivity index (χ3v) is 0.412. The van der Waals surface area contributed by atoms with Gasteiger partial charge in [-0.15, -0.1) is 0 Å². The van der Waals surface area contributed by atoms with Gasteiger partial charge in [0.1, 0.15) is 0 Å². The number of aliphatic hydroxyl groups excluding tert-OH is 1. The monoisotopic (exact) mass is 101 g/mol. The molecule has 0 aliphatic heterocycles. The highest BCUT2D eigenvalue weighted by atomic mass is 16.4. The van der Waals surface area contributed by atoms with E-state index in [0.717, 1.165) is 6.08 Å². The van der Waals surface area contributed by atoms with E-state index in [4.69, 9.17) is 10.2 Å². The van der Waals surface area contributed by atoms with Crippen molar-refractivity contribution in [1.29, 1.82) is 0 Å². The number of rotatable bonds is 2. The quantitative estimate of drug-likeness (QED) is 0.521. The van der Waals surface area contributed by atoms with Crippen LogP contribution < -0.4 is 0 Å². The molecule has 0 rings (SSSR count). The van der Waals surface area contributed by atoms with Crippen molar-refractivity contribution >= 4 is 5.97 Å². The SMILES string of the molecule is C=C[C](O)C(=O)O. The largest absolute Gasteiger partial charge is 0.479 e. The van der Waals surface area contributed by atoms with E-state index < -0.39 is 12.1 Å². The van der Waals surface area contributed by atoms with Gasteiger partial charge in [0.05, 0.1) is 0 Å². The Hall–Kier alpha value is -0.830. The van der Waals surface area contributed by atoms with Crippen molar-refractivity contribution in [2.24, 2.45) is 0 Å². The third kappa shape index (κ3) is 1.94. The summed E-state index contributed by atoms with van der Waals surface area (Å²) in [5, 5.41) is 16.0. The molecule has 0 amide bonds. The number of carboxylic acids is 1. The van der Waals surface area contributed by atoms with Crippen LogP contribution in [0.3, 0.4) is 0 Å². The first-order chi connectivity index (χ1) is 3.18. The maximum absolute atomic E-state index is 9.57. The Morgan fingerprint density at radius 1 is 1.57 bits per heavy atom. The molecular formula is C4H5O3. The molecule has 2 N–H and O–H groups in total. The number of aliphatic hydroxyl groups is 1. The average molecular weight is 101 g/mol. The van der Waals surface area contributed by atoms with Crippen LogP contribution in [0.1, 0.15) is 0 Å². The molecule has 0 spiro atoms. The minimum absolute atomic E-state index is 0.722. The Bertz CT molecular complexity index is 86.9. The van der Waals surface area contributed by atoms with Gasteiger partial charge in [0.2, 0.25) is 6.10 Å². The molecule has 39 valence electrons. The summed E-state index contributed by atoms with van der Waals surface area (Å²) in [4.78, 5) is 9.57. The van der Waals surface area contributed by atoms with Crippen LogP contribution in [0, 0.1) is 6.10 Å². The fourth-order valence-corrected chi connectivity index (χ4v) is 0.0873. The predicted octanol–water partition coefficient (Wildman–Crippen LogP) is 0.161. The molecule has 0 saturated carbocycles. The van der Waals surface area contributed by atoms with Crippen LogP contribution in [0.5, 0.6) is 0 Å². The molecule has 0 aromatic carbocycles. The summed E-state index contributed by atoms with van der Waals surface area (Å²) in [6, 6.07) is 0. The smallest absolute Gasteiger partial charge is 0.343 e. The van der Waals surface area contributed by atoms with Gasteiger partial charge in [-0.2, -0.15) is 0 Å². The standard InChI is InChI=1S/C4H5O3/c1-2-3(5)4(6)7/h2,5H,1H2,(H,6,7). The molecule has 0 saturated heterocycles. The zero-order valence-corrected chi connectivity index (χ0v) is 3.59.